The van der Waals surface area contributed by atoms with Gasteiger partial charge in [0.2, 0.25) is 5.91 Å². The molecule has 0 unspecified atom stereocenters. The van der Waals surface area contributed by atoms with Crippen molar-refractivity contribution < 1.29 is 9.53 Å². The van der Waals surface area contributed by atoms with Crippen LogP contribution in [0.15, 0.2) is 0 Å². The van der Waals surface area contributed by atoms with Crippen molar-refractivity contribution in [1.29, 1.82) is 0 Å². The van der Waals surface area contributed by atoms with E-state index in [1.54, 1.807) is 6.92 Å². The Morgan fingerprint density at radius 3 is 2.28 bits per heavy atom. The molecular formula is C15H23NO2. The first-order chi connectivity index (χ1) is 8.70. The molecule has 0 aromatic carbocycles. The van der Waals surface area contributed by atoms with Gasteiger partial charge in [0.05, 0.1) is 18.8 Å². The second kappa shape index (κ2) is 3.72. The summed E-state index contributed by atoms with van der Waals surface area (Å²) in [5.41, 5.74) is 0.0809. The van der Waals surface area contributed by atoms with E-state index in [-0.39, 0.29) is 11.4 Å². The van der Waals surface area contributed by atoms with E-state index < -0.39 is 0 Å². The minimum absolute atomic E-state index is 0.0809. The Labute approximate surface area is 109 Å². The Morgan fingerprint density at radius 1 is 1.11 bits per heavy atom. The van der Waals surface area contributed by atoms with Crippen molar-refractivity contribution in [3.63, 3.8) is 0 Å². The number of carbonyl (C=O) groups excluding carboxylic acids is 1. The zero-order chi connectivity index (χ0) is 12.3. The quantitative estimate of drug-likeness (QED) is 0.657. The summed E-state index contributed by atoms with van der Waals surface area (Å²) in [5.74, 6) is 3.62. The molecule has 18 heavy (non-hydrogen) atoms. The molecule has 0 N–H and O–H groups in total. The molecule has 5 fully saturated rings. The highest BCUT2D eigenvalue weighted by Gasteiger charge is 2.61. The van der Waals surface area contributed by atoms with Gasteiger partial charge in [-0.1, -0.05) is 0 Å². The SMILES string of the molecule is CC(=O)N1CCOCC12C1CC3CC(C1)CC2C3. The average molecular weight is 249 g/mol. The second-order valence-corrected chi connectivity index (χ2v) is 7.02. The van der Waals surface area contributed by atoms with Crippen LogP contribution in [0, 0.1) is 23.7 Å². The first kappa shape index (κ1) is 11.3. The third kappa shape index (κ3) is 1.31. The van der Waals surface area contributed by atoms with Crippen LogP contribution >= 0.6 is 0 Å². The van der Waals surface area contributed by atoms with Crippen LogP contribution in [0.25, 0.3) is 0 Å². The van der Waals surface area contributed by atoms with Gasteiger partial charge in [0.15, 0.2) is 0 Å². The number of morpholine rings is 1. The fraction of sp³-hybridized carbons (Fsp3) is 0.933. The van der Waals surface area contributed by atoms with Crippen LogP contribution < -0.4 is 0 Å². The van der Waals surface area contributed by atoms with Crippen molar-refractivity contribution in [2.45, 2.75) is 44.6 Å². The van der Waals surface area contributed by atoms with Gasteiger partial charge in [-0.15, -0.1) is 0 Å². The predicted molar refractivity (Wildman–Crippen MR) is 68.0 cm³/mol. The first-order valence-electron chi connectivity index (χ1n) is 7.56. The summed E-state index contributed by atoms with van der Waals surface area (Å²) >= 11 is 0. The first-order valence-corrected chi connectivity index (χ1v) is 7.56. The summed E-state index contributed by atoms with van der Waals surface area (Å²) in [6, 6.07) is 0. The predicted octanol–water partition coefficient (Wildman–Crippen LogP) is 2.06. The third-order valence-corrected chi connectivity index (χ3v) is 6.23. The minimum Gasteiger partial charge on any atom is -0.377 e. The number of rotatable bonds is 0. The number of hydrogen-bond donors (Lipinski definition) is 0. The number of ether oxygens (including phenoxy) is 1. The summed E-state index contributed by atoms with van der Waals surface area (Å²) in [4.78, 5) is 14.3. The molecule has 100 valence electrons. The molecule has 3 heteroatoms. The van der Waals surface area contributed by atoms with Crippen LogP contribution in [0.1, 0.15) is 39.0 Å². The highest BCUT2D eigenvalue weighted by molar-refractivity contribution is 5.74. The van der Waals surface area contributed by atoms with E-state index in [2.05, 4.69) is 4.90 Å². The molecule has 1 spiro atoms. The maximum Gasteiger partial charge on any atom is 0.220 e. The van der Waals surface area contributed by atoms with Crippen LogP contribution in [-0.2, 0) is 9.53 Å². The molecule has 5 rings (SSSR count). The van der Waals surface area contributed by atoms with Gasteiger partial charge in [-0.05, 0) is 55.8 Å². The van der Waals surface area contributed by atoms with Crippen LogP contribution in [0.5, 0.6) is 0 Å². The smallest absolute Gasteiger partial charge is 0.220 e. The number of amides is 1. The molecule has 4 aliphatic carbocycles. The zero-order valence-electron chi connectivity index (χ0n) is 11.2. The highest BCUT2D eigenvalue weighted by atomic mass is 16.5. The maximum atomic E-state index is 12.1. The number of carbonyl (C=O) groups is 1. The molecule has 4 saturated carbocycles. The van der Waals surface area contributed by atoms with Gasteiger partial charge in [-0.2, -0.15) is 0 Å². The zero-order valence-corrected chi connectivity index (χ0v) is 11.2. The van der Waals surface area contributed by atoms with E-state index in [9.17, 15) is 4.79 Å². The van der Waals surface area contributed by atoms with Crippen LogP contribution in [-0.4, -0.2) is 36.1 Å². The third-order valence-electron chi connectivity index (χ3n) is 6.23. The van der Waals surface area contributed by atoms with Gasteiger partial charge in [-0.25, -0.2) is 0 Å². The average Bonchev–Trinajstić information content (AvgIpc) is 2.35. The van der Waals surface area contributed by atoms with Crippen molar-refractivity contribution in [2.75, 3.05) is 19.8 Å². The van der Waals surface area contributed by atoms with E-state index in [4.69, 9.17) is 4.74 Å². The molecule has 1 saturated heterocycles. The Morgan fingerprint density at radius 2 is 1.72 bits per heavy atom. The fourth-order valence-corrected chi connectivity index (χ4v) is 5.80. The monoisotopic (exact) mass is 249 g/mol. The van der Waals surface area contributed by atoms with Crippen LogP contribution in [0.4, 0.5) is 0 Å². The Bertz CT molecular complexity index is 351. The lowest BCUT2D eigenvalue weighted by Crippen LogP contribution is -2.71. The number of nitrogens with zero attached hydrogens (tertiary/aromatic N) is 1. The van der Waals surface area contributed by atoms with Crippen molar-refractivity contribution in [3.8, 4) is 0 Å². The van der Waals surface area contributed by atoms with Crippen molar-refractivity contribution in [2.24, 2.45) is 23.7 Å². The maximum absolute atomic E-state index is 12.1. The standard InChI is InChI=1S/C15H23NO2/c1-10(17)16-2-3-18-9-15(16)13-5-11-4-12(7-13)8-14(15)6-11/h11-14H,2-9H2,1H3. The molecule has 4 bridgehead atoms. The Hall–Kier alpha value is -0.570. The summed E-state index contributed by atoms with van der Waals surface area (Å²) in [7, 11) is 0. The molecule has 0 radical (unpaired) electrons. The van der Waals surface area contributed by atoms with Crippen molar-refractivity contribution >= 4 is 5.91 Å². The van der Waals surface area contributed by atoms with Crippen LogP contribution in [0.2, 0.25) is 0 Å². The molecule has 5 aliphatic rings. The summed E-state index contributed by atoms with van der Waals surface area (Å²) in [6.07, 6.45) is 6.85. The lowest BCUT2D eigenvalue weighted by atomic mass is 9.48. The molecule has 0 aromatic rings. The van der Waals surface area contributed by atoms with E-state index in [0.29, 0.717) is 0 Å². The molecule has 1 heterocycles. The Balaban J connectivity index is 1.74. The molecular weight excluding hydrogens is 226 g/mol. The molecule has 0 atom stereocenters. The minimum atomic E-state index is 0.0809. The molecule has 0 aromatic heterocycles. The second-order valence-electron chi connectivity index (χ2n) is 7.02. The molecule has 3 nitrogen and oxygen atoms in total. The topological polar surface area (TPSA) is 29.5 Å². The van der Waals surface area contributed by atoms with Crippen molar-refractivity contribution in [1.82, 2.24) is 4.90 Å². The lowest BCUT2D eigenvalue weighted by molar-refractivity contribution is -0.198. The molecule has 1 aliphatic heterocycles. The van der Waals surface area contributed by atoms with E-state index >= 15 is 0 Å². The largest absolute Gasteiger partial charge is 0.377 e. The molecule has 1 amide bonds. The highest BCUT2D eigenvalue weighted by Crippen LogP contribution is 2.60. The fourth-order valence-electron chi connectivity index (χ4n) is 5.80. The van der Waals surface area contributed by atoms with Gasteiger partial charge in [-0.3, -0.25) is 4.79 Å². The van der Waals surface area contributed by atoms with E-state index in [1.807, 2.05) is 0 Å². The normalized spacial score (nSPS) is 49.9. The van der Waals surface area contributed by atoms with Gasteiger partial charge >= 0.3 is 0 Å². The van der Waals surface area contributed by atoms with Gasteiger partial charge in [0.25, 0.3) is 0 Å². The van der Waals surface area contributed by atoms with Gasteiger partial charge in [0.1, 0.15) is 0 Å². The van der Waals surface area contributed by atoms with E-state index in [1.165, 1.54) is 32.1 Å². The summed E-state index contributed by atoms with van der Waals surface area (Å²) < 4.78 is 5.84. The van der Waals surface area contributed by atoms with Crippen molar-refractivity contribution in [3.05, 3.63) is 0 Å². The van der Waals surface area contributed by atoms with Crippen LogP contribution in [0.3, 0.4) is 0 Å². The van der Waals surface area contributed by atoms with E-state index in [0.717, 1.165) is 43.4 Å². The van der Waals surface area contributed by atoms with Gasteiger partial charge in [0, 0.05) is 13.5 Å². The Kier molecular flexibility index (Phi) is 2.33. The summed E-state index contributed by atoms with van der Waals surface area (Å²) in [5, 5.41) is 0. The number of hydrogen-bond acceptors (Lipinski definition) is 2. The lowest BCUT2D eigenvalue weighted by Gasteiger charge is -2.65. The summed E-state index contributed by atoms with van der Waals surface area (Å²) in [6.45, 7) is 4.10. The van der Waals surface area contributed by atoms with Gasteiger partial charge < -0.3 is 9.64 Å².